The second-order valence-corrected chi connectivity index (χ2v) is 6.52. The van der Waals surface area contributed by atoms with Crippen molar-refractivity contribution in [1.82, 2.24) is 4.98 Å². The average Bonchev–Trinajstić information content (AvgIpc) is 1.99. The van der Waals surface area contributed by atoms with Gasteiger partial charge in [0.2, 0.25) is 0 Å². The first-order valence-corrected chi connectivity index (χ1v) is 5.63. The minimum Gasteiger partial charge on any atom is -0.264 e. The van der Waals surface area contributed by atoms with Crippen molar-refractivity contribution in [1.29, 1.82) is 0 Å². The van der Waals surface area contributed by atoms with Crippen LogP contribution in [0.5, 0.6) is 0 Å². The van der Waals surface area contributed by atoms with Crippen LogP contribution >= 0.6 is 0 Å². The van der Waals surface area contributed by atoms with Crippen molar-refractivity contribution in [3.05, 3.63) is 29.6 Å². The molecule has 1 nitrogen and oxygen atoms in total. The van der Waals surface area contributed by atoms with E-state index in [1.165, 1.54) is 11.1 Å². The molecule has 0 saturated heterocycles. The Labute approximate surface area is 93.9 Å². The number of nitrogens with zero attached hydrogens (tertiary/aromatic N) is 1. The van der Waals surface area contributed by atoms with E-state index in [1.807, 2.05) is 12.4 Å². The van der Waals surface area contributed by atoms with E-state index in [9.17, 15) is 0 Å². The van der Waals surface area contributed by atoms with Crippen LogP contribution < -0.4 is 0 Å². The minimum atomic E-state index is 0.189. The van der Waals surface area contributed by atoms with Crippen LogP contribution in [0.2, 0.25) is 0 Å². The summed E-state index contributed by atoms with van der Waals surface area (Å²) in [5.74, 6) is 0. The van der Waals surface area contributed by atoms with E-state index in [1.54, 1.807) is 0 Å². The molecule has 0 N–H and O–H groups in total. The normalized spacial score (nSPS) is 12.9. The molecule has 0 amide bonds. The number of hydrogen-bond donors (Lipinski definition) is 0. The first kappa shape index (κ1) is 12.2. The van der Waals surface area contributed by atoms with Gasteiger partial charge in [0.15, 0.2) is 0 Å². The third-order valence-corrected chi connectivity index (χ3v) is 2.44. The van der Waals surface area contributed by atoms with Crippen molar-refractivity contribution in [2.24, 2.45) is 5.41 Å². The molecule has 0 bridgehead atoms. The zero-order valence-electron chi connectivity index (χ0n) is 10.9. The van der Waals surface area contributed by atoms with Crippen LogP contribution in [-0.2, 0) is 11.8 Å². The van der Waals surface area contributed by atoms with E-state index >= 15 is 0 Å². The highest BCUT2D eigenvalue weighted by Gasteiger charge is 2.21. The molecule has 1 rings (SSSR count). The van der Waals surface area contributed by atoms with Gasteiger partial charge in [-0.15, -0.1) is 0 Å². The van der Waals surface area contributed by atoms with E-state index in [0.717, 1.165) is 6.42 Å². The monoisotopic (exact) mass is 205 g/mol. The molecule has 1 aromatic heterocycles. The summed E-state index contributed by atoms with van der Waals surface area (Å²) >= 11 is 0. The Morgan fingerprint density at radius 1 is 1.07 bits per heavy atom. The lowest BCUT2D eigenvalue weighted by Crippen LogP contribution is -2.18. The van der Waals surface area contributed by atoms with Gasteiger partial charge in [0, 0.05) is 12.4 Å². The molecule has 0 saturated carbocycles. The molecule has 0 radical (unpaired) electrons. The quantitative estimate of drug-likeness (QED) is 0.676. The number of aromatic nitrogens is 1. The standard InChI is InChI=1S/C14H23N/c1-13(2,3)9-11-7-8-15-10-12(11)14(4,5)6/h7-8,10H,9H2,1-6H3. The maximum Gasteiger partial charge on any atom is 0.0307 e. The van der Waals surface area contributed by atoms with Crippen molar-refractivity contribution in [2.45, 2.75) is 53.4 Å². The van der Waals surface area contributed by atoms with Crippen LogP contribution in [0.3, 0.4) is 0 Å². The Kier molecular flexibility index (Phi) is 3.22. The summed E-state index contributed by atoms with van der Waals surface area (Å²) in [5.41, 5.74) is 3.33. The van der Waals surface area contributed by atoms with E-state index < -0.39 is 0 Å². The highest BCUT2D eigenvalue weighted by molar-refractivity contribution is 5.30. The van der Waals surface area contributed by atoms with Crippen molar-refractivity contribution >= 4 is 0 Å². The molecule has 0 fully saturated rings. The summed E-state index contributed by atoms with van der Waals surface area (Å²) in [6, 6.07) is 2.16. The number of rotatable bonds is 1. The SMILES string of the molecule is CC(C)(C)Cc1ccncc1C(C)(C)C. The Hall–Kier alpha value is -0.850. The lowest BCUT2D eigenvalue weighted by Gasteiger charge is -2.26. The number of hydrogen-bond acceptors (Lipinski definition) is 1. The smallest absolute Gasteiger partial charge is 0.0307 e. The number of pyridine rings is 1. The molecule has 0 spiro atoms. The Morgan fingerprint density at radius 2 is 1.67 bits per heavy atom. The topological polar surface area (TPSA) is 12.9 Å². The molecule has 1 heterocycles. The first-order valence-electron chi connectivity index (χ1n) is 5.63. The highest BCUT2D eigenvalue weighted by atomic mass is 14.6. The molecule has 1 aromatic rings. The molecule has 0 unspecified atom stereocenters. The van der Waals surface area contributed by atoms with Gasteiger partial charge < -0.3 is 0 Å². The van der Waals surface area contributed by atoms with Crippen LogP contribution in [0.4, 0.5) is 0 Å². The maximum absolute atomic E-state index is 4.24. The Balaban J connectivity index is 3.08. The van der Waals surface area contributed by atoms with Gasteiger partial charge in [-0.2, -0.15) is 0 Å². The van der Waals surface area contributed by atoms with E-state index in [2.05, 4.69) is 52.6 Å². The Bertz CT molecular complexity index is 326. The third-order valence-electron chi connectivity index (χ3n) is 2.44. The highest BCUT2D eigenvalue weighted by Crippen LogP contribution is 2.29. The van der Waals surface area contributed by atoms with Gasteiger partial charge in [0.25, 0.3) is 0 Å². The van der Waals surface area contributed by atoms with Gasteiger partial charge in [-0.1, -0.05) is 41.5 Å². The predicted octanol–water partition coefficient (Wildman–Crippen LogP) is 3.97. The second kappa shape index (κ2) is 3.96. The summed E-state index contributed by atoms with van der Waals surface area (Å²) in [6.07, 6.45) is 5.03. The summed E-state index contributed by atoms with van der Waals surface area (Å²) in [6.45, 7) is 13.6. The van der Waals surface area contributed by atoms with Crippen LogP contribution in [0.1, 0.15) is 52.7 Å². The minimum absolute atomic E-state index is 0.189. The molecule has 0 aromatic carbocycles. The van der Waals surface area contributed by atoms with Crippen molar-refractivity contribution < 1.29 is 0 Å². The van der Waals surface area contributed by atoms with E-state index in [-0.39, 0.29) is 5.41 Å². The van der Waals surface area contributed by atoms with E-state index in [4.69, 9.17) is 0 Å². The fraction of sp³-hybridized carbons (Fsp3) is 0.643. The summed E-state index contributed by atoms with van der Waals surface area (Å²) in [7, 11) is 0. The molecular formula is C14H23N. The molecule has 15 heavy (non-hydrogen) atoms. The molecular weight excluding hydrogens is 182 g/mol. The van der Waals surface area contributed by atoms with Crippen LogP contribution in [0.25, 0.3) is 0 Å². The molecule has 0 aliphatic carbocycles. The molecule has 84 valence electrons. The first-order chi connectivity index (χ1) is 6.70. The molecule has 0 aliphatic rings. The van der Waals surface area contributed by atoms with Crippen molar-refractivity contribution in [3.8, 4) is 0 Å². The van der Waals surface area contributed by atoms with Crippen LogP contribution in [0.15, 0.2) is 18.5 Å². The fourth-order valence-electron chi connectivity index (χ4n) is 1.82. The lowest BCUT2D eigenvalue weighted by atomic mass is 9.79. The van der Waals surface area contributed by atoms with Gasteiger partial charge >= 0.3 is 0 Å². The fourth-order valence-corrected chi connectivity index (χ4v) is 1.82. The third kappa shape index (κ3) is 3.65. The zero-order valence-corrected chi connectivity index (χ0v) is 10.9. The predicted molar refractivity (Wildman–Crippen MR) is 66.1 cm³/mol. The molecule has 0 atom stereocenters. The lowest BCUT2D eigenvalue weighted by molar-refractivity contribution is 0.406. The summed E-state index contributed by atoms with van der Waals surface area (Å²) < 4.78 is 0. The largest absolute Gasteiger partial charge is 0.264 e. The van der Waals surface area contributed by atoms with Crippen molar-refractivity contribution in [2.75, 3.05) is 0 Å². The van der Waals surface area contributed by atoms with Crippen LogP contribution in [0, 0.1) is 5.41 Å². The molecule has 0 aliphatic heterocycles. The molecule has 1 heteroatoms. The average molecular weight is 205 g/mol. The van der Waals surface area contributed by atoms with Gasteiger partial charge in [-0.05, 0) is 34.4 Å². The summed E-state index contributed by atoms with van der Waals surface area (Å²) in [4.78, 5) is 4.24. The van der Waals surface area contributed by atoms with Gasteiger partial charge in [-0.25, -0.2) is 0 Å². The Morgan fingerprint density at radius 3 is 2.13 bits per heavy atom. The van der Waals surface area contributed by atoms with Crippen molar-refractivity contribution in [3.63, 3.8) is 0 Å². The zero-order chi connectivity index (χ0) is 11.7. The van der Waals surface area contributed by atoms with Crippen LogP contribution in [-0.4, -0.2) is 4.98 Å². The second-order valence-electron chi connectivity index (χ2n) is 6.52. The maximum atomic E-state index is 4.24. The summed E-state index contributed by atoms with van der Waals surface area (Å²) in [5, 5.41) is 0. The van der Waals surface area contributed by atoms with E-state index in [0.29, 0.717) is 5.41 Å². The van der Waals surface area contributed by atoms with Gasteiger partial charge in [0.05, 0.1) is 0 Å². The van der Waals surface area contributed by atoms with Gasteiger partial charge in [-0.3, -0.25) is 4.98 Å². The van der Waals surface area contributed by atoms with Gasteiger partial charge in [0.1, 0.15) is 0 Å².